The Bertz CT molecular complexity index is 583. The average molecular weight is 325 g/mol. The highest BCUT2D eigenvalue weighted by Crippen LogP contribution is 2.48. The second-order valence-electron chi connectivity index (χ2n) is 6.21. The molecule has 2 rings (SSSR count). The van der Waals surface area contributed by atoms with E-state index in [2.05, 4.69) is 15.4 Å². The number of carbonyl (C=O) groups is 2. The van der Waals surface area contributed by atoms with Gasteiger partial charge in [0.1, 0.15) is 5.54 Å². The first-order valence-corrected chi connectivity index (χ1v) is 7.57. The molecule has 1 saturated carbocycles. The molecule has 120 valence electrons. The maximum atomic E-state index is 12.3. The van der Waals surface area contributed by atoms with Crippen molar-refractivity contribution in [3.8, 4) is 0 Å². The fourth-order valence-electron chi connectivity index (χ4n) is 2.37. The summed E-state index contributed by atoms with van der Waals surface area (Å²) < 4.78 is 4.53. The molecule has 1 fully saturated rings. The maximum absolute atomic E-state index is 12.3. The molecule has 1 aromatic carbocycles. The summed E-state index contributed by atoms with van der Waals surface area (Å²) >= 11 is 6.04. The molecule has 1 aromatic rings. The lowest BCUT2D eigenvalue weighted by atomic mass is 9.95. The molecule has 22 heavy (non-hydrogen) atoms. The van der Waals surface area contributed by atoms with Crippen LogP contribution in [0.4, 0.5) is 4.79 Å². The third-order valence-corrected chi connectivity index (χ3v) is 4.28. The normalized spacial score (nSPS) is 15.8. The number of ether oxygens (including phenoxy) is 1. The van der Waals surface area contributed by atoms with Gasteiger partial charge >= 0.3 is 6.09 Å². The van der Waals surface area contributed by atoms with Crippen molar-refractivity contribution < 1.29 is 14.3 Å². The molecule has 1 aliphatic rings. The molecule has 0 aliphatic heterocycles. The predicted molar refractivity (Wildman–Crippen MR) is 85.0 cm³/mol. The molecule has 0 atom stereocenters. The van der Waals surface area contributed by atoms with E-state index >= 15 is 0 Å². The Morgan fingerprint density at radius 3 is 2.59 bits per heavy atom. The zero-order chi connectivity index (χ0) is 16.4. The molecule has 2 amide bonds. The molecule has 0 aromatic heterocycles. The SMILES string of the molecule is COC(=O)NC(C)(C)C(=O)NCC1(c2cccc(Cl)c2)CC1. The standard InChI is InChI=1S/C16H21ClN2O3/c1-15(2,19-14(21)22-3)13(20)18-10-16(7-8-16)11-5-4-6-12(17)9-11/h4-6,9H,7-8,10H2,1-3H3,(H,18,20)(H,19,21). The zero-order valence-corrected chi connectivity index (χ0v) is 13.8. The number of carbonyl (C=O) groups excluding carboxylic acids is 2. The van der Waals surface area contributed by atoms with E-state index < -0.39 is 11.6 Å². The summed E-state index contributed by atoms with van der Waals surface area (Å²) in [5, 5.41) is 6.13. The van der Waals surface area contributed by atoms with Crippen molar-refractivity contribution >= 4 is 23.6 Å². The number of alkyl carbamates (subject to hydrolysis) is 1. The Hall–Kier alpha value is -1.75. The fraction of sp³-hybridized carbons (Fsp3) is 0.500. The van der Waals surface area contributed by atoms with Crippen LogP contribution in [0.2, 0.25) is 5.02 Å². The van der Waals surface area contributed by atoms with Crippen molar-refractivity contribution in [2.45, 2.75) is 37.6 Å². The second-order valence-corrected chi connectivity index (χ2v) is 6.65. The molecule has 1 aliphatic carbocycles. The van der Waals surface area contributed by atoms with E-state index in [-0.39, 0.29) is 11.3 Å². The Balaban J connectivity index is 1.98. The van der Waals surface area contributed by atoms with Gasteiger partial charge in [0.15, 0.2) is 0 Å². The van der Waals surface area contributed by atoms with Gasteiger partial charge in [-0.05, 0) is 44.4 Å². The molecule has 0 heterocycles. The lowest BCUT2D eigenvalue weighted by Gasteiger charge is -2.26. The minimum atomic E-state index is -1.03. The Morgan fingerprint density at radius 1 is 1.36 bits per heavy atom. The van der Waals surface area contributed by atoms with Crippen molar-refractivity contribution in [1.29, 1.82) is 0 Å². The van der Waals surface area contributed by atoms with E-state index in [1.54, 1.807) is 13.8 Å². The van der Waals surface area contributed by atoms with Gasteiger partial charge < -0.3 is 15.4 Å². The summed E-state index contributed by atoms with van der Waals surface area (Å²) in [6.45, 7) is 3.80. The molecule has 6 heteroatoms. The molecule has 5 nitrogen and oxygen atoms in total. The highest BCUT2D eigenvalue weighted by atomic mass is 35.5. The third-order valence-electron chi connectivity index (χ3n) is 4.05. The van der Waals surface area contributed by atoms with Gasteiger partial charge in [-0.3, -0.25) is 4.79 Å². The Kier molecular flexibility index (Phi) is 4.66. The van der Waals surface area contributed by atoms with Gasteiger partial charge in [-0.1, -0.05) is 23.7 Å². The highest BCUT2D eigenvalue weighted by Gasteiger charge is 2.45. The molecule has 0 unspecified atom stereocenters. The molecule has 0 radical (unpaired) electrons. The van der Waals surface area contributed by atoms with Crippen LogP contribution in [0.1, 0.15) is 32.3 Å². The number of hydrogen-bond donors (Lipinski definition) is 2. The van der Waals surface area contributed by atoms with Gasteiger partial charge in [-0.15, -0.1) is 0 Å². The lowest BCUT2D eigenvalue weighted by Crippen LogP contribution is -2.55. The van der Waals surface area contributed by atoms with E-state index in [0.29, 0.717) is 11.6 Å². The molecule has 0 bridgehead atoms. The van der Waals surface area contributed by atoms with E-state index in [9.17, 15) is 9.59 Å². The van der Waals surface area contributed by atoms with Crippen LogP contribution in [-0.2, 0) is 14.9 Å². The summed E-state index contributed by atoms with van der Waals surface area (Å²) in [6.07, 6.45) is 1.40. The highest BCUT2D eigenvalue weighted by molar-refractivity contribution is 6.30. The average Bonchev–Trinajstić information content (AvgIpc) is 3.25. The molecule has 0 saturated heterocycles. The minimum Gasteiger partial charge on any atom is -0.453 e. The predicted octanol–water partition coefficient (Wildman–Crippen LogP) is 2.62. The van der Waals surface area contributed by atoms with Crippen LogP contribution in [-0.4, -0.2) is 31.2 Å². The lowest BCUT2D eigenvalue weighted by molar-refractivity contribution is -0.126. The van der Waals surface area contributed by atoms with Crippen LogP contribution < -0.4 is 10.6 Å². The van der Waals surface area contributed by atoms with Crippen LogP contribution in [0.25, 0.3) is 0 Å². The number of nitrogens with one attached hydrogen (secondary N) is 2. The monoisotopic (exact) mass is 324 g/mol. The molecule has 0 spiro atoms. The van der Waals surface area contributed by atoms with Crippen LogP contribution >= 0.6 is 11.6 Å². The summed E-state index contributed by atoms with van der Waals surface area (Å²) in [5.74, 6) is -0.244. The van der Waals surface area contributed by atoms with Crippen molar-refractivity contribution in [3.63, 3.8) is 0 Å². The van der Waals surface area contributed by atoms with Crippen LogP contribution in [0, 0.1) is 0 Å². The van der Waals surface area contributed by atoms with Crippen LogP contribution in [0.5, 0.6) is 0 Å². The van der Waals surface area contributed by atoms with Gasteiger partial charge in [-0.2, -0.15) is 0 Å². The summed E-state index contributed by atoms with van der Waals surface area (Å²) in [5.41, 5.74) is 0.0680. The Morgan fingerprint density at radius 2 is 2.05 bits per heavy atom. The first-order valence-electron chi connectivity index (χ1n) is 7.20. The van der Waals surface area contributed by atoms with E-state index in [4.69, 9.17) is 11.6 Å². The quantitative estimate of drug-likeness (QED) is 0.875. The van der Waals surface area contributed by atoms with Crippen LogP contribution in [0.3, 0.4) is 0 Å². The van der Waals surface area contributed by atoms with Gasteiger partial charge in [0, 0.05) is 17.0 Å². The first kappa shape index (κ1) is 16.6. The number of hydrogen-bond acceptors (Lipinski definition) is 3. The van der Waals surface area contributed by atoms with E-state index in [1.165, 1.54) is 7.11 Å². The number of rotatable bonds is 5. The molecule has 2 N–H and O–H groups in total. The number of halogens is 1. The summed E-state index contributed by atoms with van der Waals surface area (Å²) in [4.78, 5) is 23.6. The minimum absolute atomic E-state index is 0.0398. The van der Waals surface area contributed by atoms with Crippen molar-refractivity contribution in [3.05, 3.63) is 34.9 Å². The first-order chi connectivity index (χ1) is 10.3. The topological polar surface area (TPSA) is 67.4 Å². The van der Waals surface area contributed by atoms with Gasteiger partial charge in [0.05, 0.1) is 7.11 Å². The van der Waals surface area contributed by atoms with Crippen molar-refractivity contribution in [2.24, 2.45) is 0 Å². The van der Waals surface area contributed by atoms with Crippen molar-refractivity contribution in [2.75, 3.05) is 13.7 Å². The second kappa shape index (κ2) is 6.16. The number of amides is 2. The fourth-order valence-corrected chi connectivity index (χ4v) is 2.56. The molecular formula is C16H21ClN2O3. The van der Waals surface area contributed by atoms with Gasteiger partial charge in [-0.25, -0.2) is 4.79 Å². The largest absolute Gasteiger partial charge is 0.453 e. The van der Waals surface area contributed by atoms with E-state index in [1.807, 2.05) is 24.3 Å². The number of benzene rings is 1. The zero-order valence-electron chi connectivity index (χ0n) is 13.0. The van der Waals surface area contributed by atoms with Crippen LogP contribution in [0.15, 0.2) is 24.3 Å². The summed E-state index contributed by atoms with van der Waals surface area (Å²) in [6, 6.07) is 7.73. The smallest absolute Gasteiger partial charge is 0.407 e. The van der Waals surface area contributed by atoms with Gasteiger partial charge in [0.2, 0.25) is 5.91 Å². The molecular weight excluding hydrogens is 304 g/mol. The Labute approximate surface area is 135 Å². The van der Waals surface area contributed by atoms with Crippen molar-refractivity contribution in [1.82, 2.24) is 10.6 Å². The third kappa shape index (κ3) is 3.71. The summed E-state index contributed by atoms with van der Waals surface area (Å²) in [7, 11) is 1.27. The van der Waals surface area contributed by atoms with E-state index in [0.717, 1.165) is 18.4 Å². The van der Waals surface area contributed by atoms with Gasteiger partial charge in [0.25, 0.3) is 0 Å². The number of methoxy groups -OCH3 is 1. The maximum Gasteiger partial charge on any atom is 0.407 e.